The predicted molar refractivity (Wildman–Crippen MR) is 97.4 cm³/mol. The first-order valence-electron chi connectivity index (χ1n) is 8.00. The zero-order valence-electron chi connectivity index (χ0n) is 14.4. The molecule has 2 rings (SSSR count). The molecular formula is C17H21BrClFN2O3. The number of piperidine rings is 1. The van der Waals surface area contributed by atoms with Crippen molar-refractivity contribution in [2.75, 3.05) is 13.1 Å². The molecule has 1 fully saturated rings. The first kappa shape index (κ1) is 20.0. The molecule has 1 aliphatic heterocycles. The fraction of sp³-hybridized carbons (Fsp3) is 0.529. The zero-order chi connectivity index (χ0) is 18.8. The second-order valence-electron chi connectivity index (χ2n) is 6.97. The third-order valence-corrected chi connectivity index (χ3v) is 4.97. The van der Waals surface area contributed by atoms with Gasteiger partial charge >= 0.3 is 6.09 Å². The maximum absolute atomic E-state index is 13.7. The Morgan fingerprint density at radius 3 is 2.44 bits per heavy atom. The van der Waals surface area contributed by atoms with Crippen molar-refractivity contribution in [1.29, 1.82) is 0 Å². The summed E-state index contributed by atoms with van der Waals surface area (Å²) in [6, 6.07) is 2.51. The lowest BCUT2D eigenvalue weighted by Gasteiger charge is -2.33. The van der Waals surface area contributed by atoms with Crippen molar-refractivity contribution in [3.8, 4) is 0 Å². The Kier molecular flexibility index (Phi) is 6.32. The van der Waals surface area contributed by atoms with Crippen LogP contribution in [0.2, 0.25) is 5.02 Å². The maximum atomic E-state index is 13.7. The Hall–Kier alpha value is -1.34. The van der Waals surface area contributed by atoms with Gasteiger partial charge in [-0.2, -0.15) is 0 Å². The van der Waals surface area contributed by atoms with E-state index in [4.69, 9.17) is 16.3 Å². The number of hydrogen-bond acceptors (Lipinski definition) is 3. The Morgan fingerprint density at radius 2 is 1.92 bits per heavy atom. The number of hydrogen-bond donors (Lipinski definition) is 1. The first-order chi connectivity index (χ1) is 11.6. The Balaban J connectivity index is 1.90. The van der Waals surface area contributed by atoms with Gasteiger partial charge in [0.1, 0.15) is 11.4 Å². The van der Waals surface area contributed by atoms with Gasteiger partial charge in [-0.05, 0) is 61.7 Å². The van der Waals surface area contributed by atoms with Crippen LogP contribution in [0.4, 0.5) is 9.18 Å². The van der Waals surface area contributed by atoms with E-state index in [0.29, 0.717) is 30.4 Å². The Labute approximate surface area is 160 Å². The number of nitrogens with one attached hydrogen (secondary N) is 1. The van der Waals surface area contributed by atoms with Crippen LogP contribution in [0.15, 0.2) is 16.6 Å². The monoisotopic (exact) mass is 434 g/mol. The molecule has 1 N–H and O–H groups in total. The molecule has 1 aromatic rings. The average molecular weight is 436 g/mol. The standard InChI is InChI=1S/C17H21BrClFN2O3/c1-17(2,3)25-16(24)22-6-4-11(5-7-22)21-15(23)10-8-12(18)14(19)13(20)9-10/h8-9,11H,4-7H2,1-3H3,(H,21,23). The van der Waals surface area contributed by atoms with Gasteiger partial charge in [-0.15, -0.1) is 0 Å². The summed E-state index contributed by atoms with van der Waals surface area (Å²) in [5.74, 6) is -1.02. The molecule has 138 valence electrons. The summed E-state index contributed by atoms with van der Waals surface area (Å²) in [5.41, 5.74) is -0.336. The summed E-state index contributed by atoms with van der Waals surface area (Å²) in [5, 5.41) is 2.81. The summed E-state index contributed by atoms with van der Waals surface area (Å²) in [4.78, 5) is 25.9. The summed E-state index contributed by atoms with van der Waals surface area (Å²) in [6.45, 7) is 6.46. The van der Waals surface area contributed by atoms with Crippen LogP contribution in [0.1, 0.15) is 44.0 Å². The molecule has 5 nitrogen and oxygen atoms in total. The predicted octanol–water partition coefficient (Wildman–Crippen LogP) is 4.37. The van der Waals surface area contributed by atoms with Crippen LogP contribution >= 0.6 is 27.5 Å². The fourth-order valence-electron chi connectivity index (χ4n) is 2.49. The number of carbonyl (C=O) groups excluding carboxylic acids is 2. The fourth-order valence-corrected chi connectivity index (χ4v) is 3.03. The lowest BCUT2D eigenvalue weighted by molar-refractivity contribution is 0.0199. The molecule has 0 unspecified atom stereocenters. The zero-order valence-corrected chi connectivity index (χ0v) is 16.7. The van der Waals surface area contributed by atoms with Gasteiger partial charge in [0.25, 0.3) is 5.91 Å². The summed E-state index contributed by atoms with van der Waals surface area (Å²) in [7, 11) is 0. The van der Waals surface area contributed by atoms with E-state index in [-0.39, 0.29) is 28.6 Å². The van der Waals surface area contributed by atoms with Gasteiger partial charge in [0, 0.05) is 29.2 Å². The van der Waals surface area contributed by atoms with E-state index >= 15 is 0 Å². The average Bonchev–Trinajstić information content (AvgIpc) is 2.51. The molecule has 0 aromatic heterocycles. The highest BCUT2D eigenvalue weighted by Crippen LogP contribution is 2.27. The third kappa shape index (κ3) is 5.57. The molecular weight excluding hydrogens is 415 g/mol. The lowest BCUT2D eigenvalue weighted by Crippen LogP contribution is -2.47. The van der Waals surface area contributed by atoms with Crippen molar-refractivity contribution in [1.82, 2.24) is 10.2 Å². The van der Waals surface area contributed by atoms with Crippen LogP contribution in [0.25, 0.3) is 0 Å². The van der Waals surface area contributed by atoms with Crippen molar-refractivity contribution in [2.45, 2.75) is 45.3 Å². The van der Waals surface area contributed by atoms with Crippen molar-refractivity contribution in [3.63, 3.8) is 0 Å². The van der Waals surface area contributed by atoms with Crippen molar-refractivity contribution >= 4 is 39.5 Å². The van der Waals surface area contributed by atoms with Gasteiger partial charge in [0.15, 0.2) is 0 Å². The van der Waals surface area contributed by atoms with Gasteiger partial charge in [-0.3, -0.25) is 4.79 Å². The number of amides is 2. The second-order valence-corrected chi connectivity index (χ2v) is 8.20. The molecule has 0 aliphatic carbocycles. The molecule has 0 saturated carbocycles. The van der Waals surface area contributed by atoms with Crippen LogP contribution in [-0.2, 0) is 4.74 Å². The molecule has 8 heteroatoms. The topological polar surface area (TPSA) is 58.6 Å². The van der Waals surface area contributed by atoms with Crippen molar-refractivity contribution in [3.05, 3.63) is 33.0 Å². The van der Waals surface area contributed by atoms with E-state index in [1.54, 1.807) is 4.90 Å². The highest BCUT2D eigenvalue weighted by Gasteiger charge is 2.27. The summed E-state index contributed by atoms with van der Waals surface area (Å²) >= 11 is 8.86. The van der Waals surface area contributed by atoms with Crippen LogP contribution < -0.4 is 5.32 Å². The molecule has 1 saturated heterocycles. The molecule has 25 heavy (non-hydrogen) atoms. The minimum Gasteiger partial charge on any atom is -0.444 e. The van der Waals surface area contributed by atoms with Gasteiger partial charge in [0.05, 0.1) is 5.02 Å². The molecule has 2 amide bonds. The van der Waals surface area contributed by atoms with E-state index in [2.05, 4.69) is 21.2 Å². The summed E-state index contributed by atoms with van der Waals surface area (Å²) < 4.78 is 19.3. The van der Waals surface area contributed by atoms with Crippen LogP contribution in [-0.4, -0.2) is 41.6 Å². The molecule has 0 bridgehead atoms. The number of benzene rings is 1. The van der Waals surface area contributed by atoms with E-state index < -0.39 is 11.4 Å². The minimum atomic E-state index is -0.652. The third-order valence-electron chi connectivity index (χ3n) is 3.73. The normalized spacial score (nSPS) is 15.8. The molecule has 1 aromatic carbocycles. The number of halogens is 3. The molecule has 1 heterocycles. The number of carbonyl (C=O) groups is 2. The molecule has 1 aliphatic rings. The highest BCUT2D eigenvalue weighted by atomic mass is 79.9. The number of nitrogens with zero attached hydrogens (tertiary/aromatic N) is 1. The minimum absolute atomic E-state index is 0.0535. The molecule has 0 atom stereocenters. The van der Waals surface area contributed by atoms with E-state index in [1.807, 2.05) is 20.8 Å². The smallest absolute Gasteiger partial charge is 0.410 e. The van der Waals surface area contributed by atoms with Gasteiger partial charge < -0.3 is 15.0 Å². The Morgan fingerprint density at radius 1 is 1.32 bits per heavy atom. The highest BCUT2D eigenvalue weighted by molar-refractivity contribution is 9.10. The van der Waals surface area contributed by atoms with Crippen LogP contribution in [0.5, 0.6) is 0 Å². The maximum Gasteiger partial charge on any atom is 0.410 e. The van der Waals surface area contributed by atoms with E-state index in [0.717, 1.165) is 6.07 Å². The van der Waals surface area contributed by atoms with Crippen LogP contribution in [0, 0.1) is 5.82 Å². The first-order valence-corrected chi connectivity index (χ1v) is 9.17. The molecule has 0 spiro atoms. The van der Waals surface area contributed by atoms with E-state index in [1.165, 1.54) is 6.07 Å². The van der Waals surface area contributed by atoms with E-state index in [9.17, 15) is 14.0 Å². The van der Waals surface area contributed by atoms with Gasteiger partial charge in [-0.1, -0.05) is 11.6 Å². The number of likely N-dealkylation sites (tertiary alicyclic amines) is 1. The number of rotatable bonds is 2. The van der Waals surface area contributed by atoms with Crippen molar-refractivity contribution in [2.24, 2.45) is 0 Å². The van der Waals surface area contributed by atoms with Gasteiger partial charge in [0.2, 0.25) is 0 Å². The Bertz CT molecular complexity index is 647. The second kappa shape index (κ2) is 7.91. The van der Waals surface area contributed by atoms with Crippen molar-refractivity contribution < 1.29 is 18.7 Å². The quantitative estimate of drug-likeness (QED) is 0.702. The largest absolute Gasteiger partial charge is 0.444 e. The number of ether oxygens (including phenoxy) is 1. The lowest BCUT2D eigenvalue weighted by atomic mass is 10.0. The van der Waals surface area contributed by atoms with Crippen LogP contribution in [0.3, 0.4) is 0 Å². The molecule has 0 radical (unpaired) electrons. The summed E-state index contributed by atoms with van der Waals surface area (Å²) in [6.07, 6.45) is 0.880. The van der Waals surface area contributed by atoms with Gasteiger partial charge in [-0.25, -0.2) is 9.18 Å². The SMILES string of the molecule is CC(C)(C)OC(=O)N1CCC(NC(=O)c2cc(F)c(Cl)c(Br)c2)CC1.